The molecular weight excluding hydrogens is 516 g/mol. The van der Waals surface area contributed by atoms with E-state index in [0.717, 1.165) is 28.7 Å². The molecule has 2 fully saturated rings. The fraction of sp³-hybridized carbons (Fsp3) is 0.231. The lowest BCUT2D eigenvalue weighted by Crippen LogP contribution is -2.59. The number of carboxylic acid groups (broad SMARTS) is 1. The smallest absolute Gasteiger partial charge is 0.328 e. The minimum absolute atomic E-state index is 0.117. The van der Waals surface area contributed by atoms with E-state index >= 15 is 0 Å². The number of fused-ring (bicyclic) bond motifs is 2. The van der Waals surface area contributed by atoms with Crippen LogP contribution in [0.4, 0.5) is 0 Å². The van der Waals surface area contributed by atoms with Crippen LogP contribution in [0.3, 0.4) is 0 Å². The quantitative estimate of drug-likeness (QED) is 0.181. The lowest BCUT2D eigenvalue weighted by atomic mass is 9.94. The third-order valence-electron chi connectivity index (χ3n) is 6.90. The summed E-state index contributed by atoms with van der Waals surface area (Å²) in [5.74, 6) is -4.01. The van der Waals surface area contributed by atoms with Gasteiger partial charge in [-0.15, -0.1) is 0 Å². The van der Waals surface area contributed by atoms with Gasteiger partial charge in [-0.3, -0.25) is 14.6 Å². The Morgan fingerprint density at radius 2 is 1.82 bits per heavy atom. The van der Waals surface area contributed by atoms with Crippen molar-refractivity contribution >= 4 is 44.5 Å². The second-order valence-electron chi connectivity index (χ2n) is 9.38. The van der Waals surface area contributed by atoms with Crippen molar-refractivity contribution in [1.82, 2.24) is 9.88 Å². The monoisotopic (exact) mass is 538 g/mol. The highest BCUT2D eigenvalue weighted by atomic mass is 32.2. The van der Waals surface area contributed by atoms with Crippen molar-refractivity contribution in [1.29, 1.82) is 0 Å². The molecule has 2 aliphatic rings. The number of carbonyl (C=O) groups excluding carboxylic acids is 2. The van der Waals surface area contributed by atoms with Crippen LogP contribution in [0.25, 0.3) is 16.8 Å². The number of esters is 1. The maximum atomic E-state index is 13.6. The topological polar surface area (TPSA) is 171 Å². The number of β-lactam (4-membered cyclic amide) rings is 1. The van der Waals surface area contributed by atoms with Crippen molar-refractivity contribution in [2.75, 3.05) is 6.61 Å². The first-order valence-corrected chi connectivity index (χ1v) is 13.0. The third kappa shape index (κ3) is 3.84. The number of phenolic OH excluding ortho intramolecular Hbond substituents is 2. The molecule has 0 spiro atoms. The Hall–Kier alpha value is -4.45. The molecule has 196 valence electrons. The average molecular weight is 539 g/mol. The Morgan fingerprint density at radius 1 is 1.11 bits per heavy atom. The fourth-order valence-electron chi connectivity index (χ4n) is 4.85. The molecule has 12 heteroatoms. The van der Waals surface area contributed by atoms with Gasteiger partial charge in [-0.2, -0.15) is 0 Å². The number of sulfone groups is 1. The predicted octanol–water partition coefficient (Wildman–Crippen LogP) is 1.62. The van der Waals surface area contributed by atoms with E-state index in [2.05, 4.69) is 4.98 Å². The van der Waals surface area contributed by atoms with Crippen LogP contribution in [0.5, 0.6) is 11.5 Å². The Bertz CT molecular complexity index is 1650. The van der Waals surface area contributed by atoms with Gasteiger partial charge in [0.05, 0.1) is 17.7 Å². The number of carbonyl (C=O) groups is 3. The zero-order valence-electron chi connectivity index (χ0n) is 19.9. The summed E-state index contributed by atoms with van der Waals surface area (Å²) in [5.41, 5.74) is 0.506. The molecule has 0 bridgehead atoms. The number of aromatic nitrogens is 1. The van der Waals surface area contributed by atoms with Crippen LogP contribution in [-0.2, 0) is 35.4 Å². The van der Waals surface area contributed by atoms with Crippen molar-refractivity contribution in [3.63, 3.8) is 0 Å². The zero-order valence-corrected chi connectivity index (χ0v) is 20.8. The van der Waals surface area contributed by atoms with Gasteiger partial charge in [-0.1, -0.05) is 30.3 Å². The van der Waals surface area contributed by atoms with Crippen molar-refractivity contribution in [3.8, 4) is 11.5 Å². The van der Waals surface area contributed by atoms with E-state index in [1.807, 2.05) is 24.3 Å². The van der Waals surface area contributed by atoms with E-state index in [9.17, 15) is 38.1 Å². The van der Waals surface area contributed by atoms with E-state index in [1.165, 1.54) is 18.2 Å². The number of rotatable bonds is 6. The van der Waals surface area contributed by atoms with Crippen molar-refractivity contribution < 1.29 is 42.9 Å². The predicted molar refractivity (Wildman–Crippen MR) is 134 cm³/mol. The summed E-state index contributed by atoms with van der Waals surface area (Å²) in [7, 11) is -4.37. The number of hydrogen-bond acceptors (Lipinski definition) is 9. The van der Waals surface area contributed by atoms with Crippen molar-refractivity contribution in [3.05, 3.63) is 71.6 Å². The van der Waals surface area contributed by atoms with E-state index in [1.54, 1.807) is 12.3 Å². The molecular formula is C26H22N2O9S. The maximum Gasteiger partial charge on any atom is 0.328 e. The summed E-state index contributed by atoms with van der Waals surface area (Å²) in [6.45, 7) is 0.329. The molecule has 2 aromatic carbocycles. The number of benzene rings is 2. The first kappa shape index (κ1) is 25.2. The van der Waals surface area contributed by atoms with Gasteiger partial charge in [0, 0.05) is 11.6 Å². The number of aliphatic carboxylic acids is 1. The number of hydrogen-bond donors (Lipinski definition) is 3. The summed E-state index contributed by atoms with van der Waals surface area (Å²) in [5, 5.41) is 29.1. The normalized spacial score (nSPS) is 24.7. The van der Waals surface area contributed by atoms with E-state index in [-0.39, 0.29) is 23.3 Å². The number of carboxylic acids is 1. The molecule has 0 radical (unpaired) electrons. The van der Waals surface area contributed by atoms with Crippen LogP contribution >= 0.6 is 0 Å². The molecule has 3 aromatic rings. The summed E-state index contributed by atoms with van der Waals surface area (Å²) in [6.07, 6.45) is 2.55. The van der Waals surface area contributed by atoms with E-state index in [4.69, 9.17) is 4.74 Å². The molecule has 1 amide bonds. The molecule has 3 heterocycles. The highest BCUT2D eigenvalue weighted by Crippen LogP contribution is 2.49. The molecule has 5 rings (SSSR count). The average Bonchev–Trinajstić information content (AvgIpc) is 3.04. The highest BCUT2D eigenvalue weighted by Gasteiger charge is 2.72. The maximum absolute atomic E-state index is 13.6. The Kier molecular flexibility index (Phi) is 5.86. The largest absolute Gasteiger partial charge is 0.504 e. The number of aromatic hydroxyl groups is 2. The summed E-state index contributed by atoms with van der Waals surface area (Å²) >= 11 is 0. The molecule has 38 heavy (non-hydrogen) atoms. The molecule has 0 unspecified atom stereocenters. The third-order valence-corrected chi connectivity index (χ3v) is 9.61. The number of ether oxygens (including phenoxy) is 1. The Labute approximate surface area is 216 Å². The molecule has 2 aliphatic heterocycles. The van der Waals surface area contributed by atoms with Gasteiger partial charge in [0.2, 0.25) is 0 Å². The second-order valence-corrected chi connectivity index (χ2v) is 11.8. The number of phenols is 2. The van der Waals surface area contributed by atoms with Gasteiger partial charge in [-0.25, -0.2) is 13.2 Å². The Morgan fingerprint density at radius 3 is 2.50 bits per heavy atom. The molecule has 2 saturated heterocycles. The van der Waals surface area contributed by atoms with Crippen LogP contribution in [0.15, 0.2) is 60.3 Å². The standard InChI is InChI=1S/C26H22N2O9S/c1-26(13-37-21(31)9-14-6-7-19(29)20(30)8-14)22(25(33)34)28-23(32)18(24(28)38(26,35)36)11-17-10-15-4-2-3-5-16(15)12-27-17/h2-8,10-12,22,24,29-30H,9,13H2,1H3,(H,33,34)/b18-11-/t22-,24+,26-/m0/s1. The zero-order chi connectivity index (χ0) is 27.4. The number of amides is 1. The van der Waals surface area contributed by atoms with Crippen molar-refractivity contribution in [2.24, 2.45) is 0 Å². The van der Waals surface area contributed by atoms with Crippen LogP contribution in [-0.4, -0.2) is 74.2 Å². The molecule has 11 nitrogen and oxygen atoms in total. The van der Waals surface area contributed by atoms with Crippen LogP contribution in [0, 0.1) is 0 Å². The summed E-state index contributed by atoms with van der Waals surface area (Å²) in [6, 6.07) is 11.0. The van der Waals surface area contributed by atoms with E-state index < -0.39 is 56.2 Å². The molecule has 3 atom stereocenters. The molecule has 3 N–H and O–H groups in total. The summed E-state index contributed by atoms with van der Waals surface area (Å²) < 4.78 is 30.3. The molecule has 0 aliphatic carbocycles. The van der Waals surface area contributed by atoms with Gasteiger partial charge in [-0.05, 0) is 42.1 Å². The van der Waals surface area contributed by atoms with Crippen LogP contribution in [0.2, 0.25) is 0 Å². The first-order valence-electron chi connectivity index (χ1n) is 11.5. The first-order chi connectivity index (χ1) is 17.9. The fourth-order valence-corrected chi connectivity index (χ4v) is 7.13. The van der Waals surface area contributed by atoms with Gasteiger partial charge >= 0.3 is 11.9 Å². The lowest BCUT2D eigenvalue weighted by molar-refractivity contribution is -0.155. The van der Waals surface area contributed by atoms with Gasteiger partial charge in [0.25, 0.3) is 5.91 Å². The molecule has 0 saturated carbocycles. The van der Waals surface area contributed by atoms with Crippen molar-refractivity contribution in [2.45, 2.75) is 29.5 Å². The van der Waals surface area contributed by atoms with Crippen LogP contribution < -0.4 is 0 Å². The molecule has 1 aromatic heterocycles. The van der Waals surface area contributed by atoms with Gasteiger partial charge in [0.15, 0.2) is 32.8 Å². The van der Waals surface area contributed by atoms with Gasteiger partial charge in [0.1, 0.15) is 11.4 Å². The number of nitrogens with zero attached hydrogens (tertiary/aromatic N) is 2. The minimum Gasteiger partial charge on any atom is -0.504 e. The highest BCUT2D eigenvalue weighted by molar-refractivity contribution is 7.94. The second kappa shape index (κ2) is 8.84. The minimum atomic E-state index is -4.37. The SMILES string of the molecule is C[C@]1(COC(=O)Cc2ccc(O)c(O)c2)[C@H](C(=O)O)N2C(=O)/C(=C/c3cc4ccccc4cn3)[C@H]2S1(=O)=O. The lowest BCUT2D eigenvalue weighted by Gasteiger charge is -2.37. The van der Waals surface area contributed by atoms with Gasteiger partial charge < -0.3 is 25.0 Å². The Balaban J connectivity index is 1.42. The van der Waals surface area contributed by atoms with E-state index in [0.29, 0.717) is 5.69 Å². The number of pyridine rings is 1. The van der Waals surface area contributed by atoms with Crippen LogP contribution in [0.1, 0.15) is 18.2 Å². The summed E-state index contributed by atoms with van der Waals surface area (Å²) in [4.78, 5) is 42.7.